The van der Waals surface area contributed by atoms with Gasteiger partial charge in [-0.25, -0.2) is 14.0 Å². The molecular weight excluding hydrogens is 411 g/mol. The molecule has 0 unspecified atom stereocenters. The van der Waals surface area contributed by atoms with Gasteiger partial charge in [-0.1, -0.05) is 36.4 Å². The summed E-state index contributed by atoms with van der Waals surface area (Å²) in [5.41, 5.74) is 1.28. The number of aryl methyl sites for hydroxylation is 1. The smallest absolute Gasteiger partial charge is 0.344 e. The maximum Gasteiger partial charge on any atom is 0.344 e. The molecule has 5 aromatic rings. The third-order valence-electron chi connectivity index (χ3n) is 5.38. The molecule has 158 valence electrons. The average Bonchev–Trinajstić information content (AvgIpc) is 2.79. The Labute approximate surface area is 181 Å². The largest absolute Gasteiger partial charge is 0.488 e. The Bertz CT molecular complexity index is 1600. The van der Waals surface area contributed by atoms with Crippen LogP contribution in [0.5, 0.6) is 5.75 Å². The fourth-order valence-electron chi connectivity index (χ4n) is 3.74. The van der Waals surface area contributed by atoms with Crippen LogP contribution in [0, 0.1) is 12.7 Å². The van der Waals surface area contributed by atoms with Gasteiger partial charge in [-0.2, -0.15) is 0 Å². The molecule has 2 aromatic heterocycles. The number of hydrogen-bond acceptors (Lipinski definition) is 5. The molecule has 0 fully saturated rings. The molecule has 0 radical (unpaired) electrons. The van der Waals surface area contributed by atoms with Crippen LogP contribution >= 0.6 is 0 Å². The van der Waals surface area contributed by atoms with Crippen LogP contribution in [0.1, 0.15) is 11.1 Å². The van der Waals surface area contributed by atoms with E-state index in [1.807, 2.05) is 12.1 Å². The average molecular weight is 428 g/mol. The normalized spacial score (nSPS) is 11.2. The van der Waals surface area contributed by atoms with Crippen molar-refractivity contribution < 1.29 is 18.0 Å². The predicted molar refractivity (Wildman–Crippen MR) is 119 cm³/mol. The standard InChI is InChI=1S/C26H17FO5/c1-15-22(30-14-17-7-2-4-8-21(17)27)11-10-18-19(13-24(28)32-25(15)18)20-12-16-6-3-5-9-23(16)31-26(20)29/h2-13H,14H2,1H3. The van der Waals surface area contributed by atoms with Gasteiger partial charge >= 0.3 is 11.3 Å². The molecule has 0 atom stereocenters. The van der Waals surface area contributed by atoms with E-state index >= 15 is 0 Å². The van der Waals surface area contributed by atoms with Crippen molar-refractivity contribution >= 4 is 21.9 Å². The lowest BCUT2D eigenvalue weighted by molar-refractivity contribution is 0.297. The number of fused-ring (bicyclic) bond motifs is 2. The van der Waals surface area contributed by atoms with E-state index < -0.39 is 11.3 Å². The lowest BCUT2D eigenvalue weighted by atomic mass is 10.0. The summed E-state index contributed by atoms with van der Waals surface area (Å²) in [6.45, 7) is 1.77. The van der Waals surface area contributed by atoms with Gasteiger partial charge in [-0.15, -0.1) is 0 Å². The topological polar surface area (TPSA) is 69.7 Å². The van der Waals surface area contributed by atoms with Gasteiger partial charge in [0.2, 0.25) is 0 Å². The number of benzene rings is 3. The van der Waals surface area contributed by atoms with Crippen molar-refractivity contribution in [2.45, 2.75) is 13.5 Å². The lowest BCUT2D eigenvalue weighted by Crippen LogP contribution is -2.07. The first-order valence-corrected chi connectivity index (χ1v) is 9.98. The van der Waals surface area contributed by atoms with Crippen LogP contribution < -0.4 is 16.0 Å². The minimum absolute atomic E-state index is 0.0250. The van der Waals surface area contributed by atoms with Gasteiger partial charge in [0.1, 0.15) is 29.3 Å². The fraction of sp³-hybridized carbons (Fsp3) is 0.0769. The van der Waals surface area contributed by atoms with Crippen molar-refractivity contribution in [1.29, 1.82) is 0 Å². The molecule has 5 nitrogen and oxygen atoms in total. The second kappa shape index (κ2) is 7.81. The minimum atomic E-state index is -0.602. The zero-order valence-electron chi connectivity index (χ0n) is 17.1. The SMILES string of the molecule is Cc1c(OCc2ccccc2F)ccc2c(-c3cc4ccccc4oc3=O)cc(=O)oc12. The number of para-hydroxylation sites is 1. The zero-order valence-corrected chi connectivity index (χ0v) is 17.1. The van der Waals surface area contributed by atoms with E-state index in [0.29, 0.717) is 39.0 Å². The first kappa shape index (κ1) is 19.8. The summed E-state index contributed by atoms with van der Waals surface area (Å²) in [4.78, 5) is 25.0. The predicted octanol–water partition coefficient (Wildman–Crippen LogP) is 5.59. The lowest BCUT2D eigenvalue weighted by Gasteiger charge is -2.13. The molecule has 0 bridgehead atoms. The molecule has 0 spiro atoms. The third-order valence-corrected chi connectivity index (χ3v) is 5.38. The quantitative estimate of drug-likeness (QED) is 0.349. The van der Waals surface area contributed by atoms with Crippen molar-refractivity contribution in [2.75, 3.05) is 0 Å². The van der Waals surface area contributed by atoms with Crippen LogP contribution in [0.4, 0.5) is 4.39 Å². The molecule has 3 aromatic carbocycles. The Kier molecular flexibility index (Phi) is 4.82. The Morgan fingerprint density at radius 3 is 2.50 bits per heavy atom. The molecule has 2 heterocycles. The molecule has 0 amide bonds. The van der Waals surface area contributed by atoms with Crippen LogP contribution in [0.2, 0.25) is 0 Å². The molecule has 0 aliphatic carbocycles. The highest BCUT2D eigenvalue weighted by atomic mass is 19.1. The van der Waals surface area contributed by atoms with E-state index in [0.717, 1.165) is 5.39 Å². The molecule has 32 heavy (non-hydrogen) atoms. The van der Waals surface area contributed by atoms with Crippen LogP contribution in [-0.4, -0.2) is 0 Å². The van der Waals surface area contributed by atoms with Crippen LogP contribution in [-0.2, 0) is 6.61 Å². The molecule has 6 heteroatoms. The minimum Gasteiger partial charge on any atom is -0.488 e. The monoisotopic (exact) mass is 428 g/mol. The van der Waals surface area contributed by atoms with E-state index in [1.165, 1.54) is 12.1 Å². The van der Waals surface area contributed by atoms with Crippen molar-refractivity contribution in [2.24, 2.45) is 0 Å². The highest BCUT2D eigenvalue weighted by Crippen LogP contribution is 2.33. The summed E-state index contributed by atoms with van der Waals surface area (Å²) in [5, 5.41) is 1.31. The molecule has 0 N–H and O–H groups in total. The summed E-state index contributed by atoms with van der Waals surface area (Å²) >= 11 is 0. The molecule has 0 aliphatic rings. The summed E-state index contributed by atoms with van der Waals surface area (Å²) in [6, 6.07) is 19.9. The highest BCUT2D eigenvalue weighted by Gasteiger charge is 2.17. The van der Waals surface area contributed by atoms with Crippen LogP contribution in [0.3, 0.4) is 0 Å². The second-order valence-corrected chi connectivity index (χ2v) is 7.41. The number of ether oxygens (including phenoxy) is 1. The molecule has 0 saturated carbocycles. The number of halogens is 1. The molecular formula is C26H17FO5. The Hall–Kier alpha value is -4.19. The fourth-order valence-corrected chi connectivity index (χ4v) is 3.74. The van der Waals surface area contributed by atoms with E-state index in [4.69, 9.17) is 13.6 Å². The molecule has 0 aliphatic heterocycles. The van der Waals surface area contributed by atoms with Gasteiger partial charge in [-0.3, -0.25) is 0 Å². The first-order chi connectivity index (χ1) is 15.5. The van der Waals surface area contributed by atoms with Crippen LogP contribution in [0.25, 0.3) is 33.1 Å². The maximum absolute atomic E-state index is 13.9. The van der Waals surface area contributed by atoms with E-state index in [1.54, 1.807) is 55.5 Å². The number of hydrogen-bond donors (Lipinski definition) is 0. The highest BCUT2D eigenvalue weighted by molar-refractivity contribution is 5.96. The summed E-state index contributed by atoms with van der Waals surface area (Å²) in [5.74, 6) is 0.0920. The van der Waals surface area contributed by atoms with Gasteiger partial charge in [0.15, 0.2) is 0 Å². The van der Waals surface area contributed by atoms with Gasteiger partial charge in [0.25, 0.3) is 0 Å². The van der Waals surface area contributed by atoms with E-state index in [2.05, 4.69) is 0 Å². The molecule has 0 saturated heterocycles. The second-order valence-electron chi connectivity index (χ2n) is 7.41. The Morgan fingerprint density at radius 2 is 1.66 bits per heavy atom. The van der Waals surface area contributed by atoms with Crippen molar-refractivity contribution in [3.05, 3.63) is 111 Å². The summed E-state index contributed by atoms with van der Waals surface area (Å²) in [6.07, 6.45) is 0. The van der Waals surface area contributed by atoms with Crippen molar-refractivity contribution in [3.8, 4) is 16.9 Å². The third kappa shape index (κ3) is 3.46. The first-order valence-electron chi connectivity index (χ1n) is 9.98. The summed E-state index contributed by atoms with van der Waals surface area (Å²) in [7, 11) is 0. The van der Waals surface area contributed by atoms with Gasteiger partial charge < -0.3 is 13.6 Å². The van der Waals surface area contributed by atoms with Crippen molar-refractivity contribution in [1.82, 2.24) is 0 Å². The van der Waals surface area contributed by atoms with Crippen molar-refractivity contribution in [3.63, 3.8) is 0 Å². The van der Waals surface area contributed by atoms with Gasteiger partial charge in [0, 0.05) is 33.5 Å². The van der Waals surface area contributed by atoms with Gasteiger partial charge in [-0.05, 0) is 37.3 Å². The van der Waals surface area contributed by atoms with E-state index in [9.17, 15) is 14.0 Å². The summed E-state index contributed by atoms with van der Waals surface area (Å²) < 4.78 is 30.6. The Morgan fingerprint density at radius 1 is 0.875 bits per heavy atom. The van der Waals surface area contributed by atoms with Gasteiger partial charge in [0.05, 0.1) is 5.56 Å². The number of rotatable bonds is 4. The maximum atomic E-state index is 13.9. The Balaban J connectivity index is 1.63. The zero-order chi connectivity index (χ0) is 22.2. The molecule has 5 rings (SSSR count). The van der Waals surface area contributed by atoms with Crippen LogP contribution in [0.15, 0.2) is 91.2 Å². The van der Waals surface area contributed by atoms with E-state index in [-0.39, 0.29) is 18.0 Å².